The summed E-state index contributed by atoms with van der Waals surface area (Å²) in [6.45, 7) is -1.37. The van der Waals surface area contributed by atoms with Crippen LogP contribution in [0.3, 0.4) is 0 Å². The maximum atomic E-state index is 12.4. The third-order valence-corrected chi connectivity index (χ3v) is 3.07. The zero-order valence-electron chi connectivity index (χ0n) is 10.8. The molecule has 110 valence electrons. The molecule has 1 fully saturated rings. The van der Waals surface area contributed by atoms with E-state index >= 15 is 0 Å². The molecule has 1 aromatic rings. The molecule has 5 nitrogen and oxygen atoms in total. The highest BCUT2D eigenvalue weighted by molar-refractivity contribution is 5.94. The number of hydrogen-bond acceptors (Lipinski definition) is 4. The normalized spacial score (nSPS) is 19.2. The van der Waals surface area contributed by atoms with Gasteiger partial charge in [0.05, 0.1) is 19.3 Å². The van der Waals surface area contributed by atoms with E-state index in [4.69, 9.17) is 10.5 Å². The lowest BCUT2D eigenvalue weighted by Crippen LogP contribution is -2.52. The Morgan fingerprint density at radius 3 is 3.05 bits per heavy atom. The second-order valence-corrected chi connectivity index (χ2v) is 4.37. The highest BCUT2D eigenvalue weighted by Gasteiger charge is 2.27. The molecule has 1 heterocycles. The number of nitrogens with zero attached hydrogens (tertiary/aromatic N) is 1. The van der Waals surface area contributed by atoms with E-state index in [2.05, 4.69) is 4.74 Å². The van der Waals surface area contributed by atoms with Crippen molar-refractivity contribution in [1.82, 2.24) is 4.90 Å². The number of rotatable bonds is 4. The molecule has 1 aliphatic heterocycles. The third-order valence-electron chi connectivity index (χ3n) is 3.07. The van der Waals surface area contributed by atoms with Gasteiger partial charge in [0, 0.05) is 18.7 Å². The Labute approximate surface area is 115 Å². The van der Waals surface area contributed by atoms with Gasteiger partial charge in [-0.1, -0.05) is 6.07 Å². The lowest BCUT2D eigenvalue weighted by atomic mass is 10.1. The van der Waals surface area contributed by atoms with E-state index in [1.807, 2.05) is 0 Å². The SMILES string of the molecule is NCC1COCCN1C(=O)c1cccc(OC(F)F)c1. The quantitative estimate of drug-likeness (QED) is 0.900. The van der Waals surface area contributed by atoms with Crippen LogP contribution in [-0.4, -0.2) is 49.8 Å². The van der Waals surface area contributed by atoms with Crippen molar-refractivity contribution in [3.8, 4) is 5.75 Å². The molecule has 0 saturated carbocycles. The van der Waals surface area contributed by atoms with E-state index in [0.29, 0.717) is 31.9 Å². The first-order valence-corrected chi connectivity index (χ1v) is 6.25. The molecule has 2 rings (SSSR count). The summed E-state index contributed by atoms with van der Waals surface area (Å²) in [5, 5.41) is 0. The number of amides is 1. The summed E-state index contributed by atoms with van der Waals surface area (Å²) < 4.78 is 33.9. The van der Waals surface area contributed by atoms with Gasteiger partial charge in [-0.15, -0.1) is 0 Å². The minimum atomic E-state index is -2.92. The standard InChI is InChI=1S/C13H16F2N2O3/c14-13(15)20-11-3-1-2-9(6-11)12(18)17-4-5-19-8-10(17)7-16/h1-3,6,10,13H,4-5,7-8,16H2. The monoisotopic (exact) mass is 286 g/mol. The molecular formula is C13H16F2N2O3. The van der Waals surface area contributed by atoms with E-state index in [0.717, 1.165) is 0 Å². The molecule has 1 atom stereocenters. The first-order valence-electron chi connectivity index (χ1n) is 6.25. The van der Waals surface area contributed by atoms with Crippen LogP contribution in [0.25, 0.3) is 0 Å². The first kappa shape index (κ1) is 14.7. The van der Waals surface area contributed by atoms with Gasteiger partial charge in [0.2, 0.25) is 0 Å². The van der Waals surface area contributed by atoms with Crippen LogP contribution >= 0.6 is 0 Å². The average molecular weight is 286 g/mol. The Bertz CT molecular complexity index is 471. The van der Waals surface area contributed by atoms with E-state index in [9.17, 15) is 13.6 Å². The van der Waals surface area contributed by atoms with Crippen LogP contribution < -0.4 is 10.5 Å². The second-order valence-electron chi connectivity index (χ2n) is 4.37. The van der Waals surface area contributed by atoms with Gasteiger partial charge in [0.15, 0.2) is 0 Å². The van der Waals surface area contributed by atoms with Crippen LogP contribution in [0.1, 0.15) is 10.4 Å². The summed E-state index contributed by atoms with van der Waals surface area (Å²) in [4.78, 5) is 14.0. The van der Waals surface area contributed by atoms with Gasteiger partial charge in [-0.3, -0.25) is 4.79 Å². The van der Waals surface area contributed by atoms with Crippen LogP contribution in [0.5, 0.6) is 5.75 Å². The van der Waals surface area contributed by atoms with Crippen molar-refractivity contribution in [2.75, 3.05) is 26.3 Å². The van der Waals surface area contributed by atoms with E-state index < -0.39 is 6.61 Å². The molecule has 1 unspecified atom stereocenters. The number of alkyl halides is 2. The largest absolute Gasteiger partial charge is 0.435 e. The molecule has 0 radical (unpaired) electrons. The zero-order chi connectivity index (χ0) is 14.5. The number of morpholine rings is 1. The van der Waals surface area contributed by atoms with Gasteiger partial charge in [-0.2, -0.15) is 8.78 Å². The fraction of sp³-hybridized carbons (Fsp3) is 0.462. The summed E-state index contributed by atoms with van der Waals surface area (Å²) in [5.74, 6) is -0.299. The number of carbonyl (C=O) groups is 1. The fourth-order valence-electron chi connectivity index (χ4n) is 2.09. The highest BCUT2D eigenvalue weighted by atomic mass is 19.3. The molecule has 2 N–H and O–H groups in total. The van der Waals surface area contributed by atoms with Gasteiger partial charge in [-0.25, -0.2) is 0 Å². The fourth-order valence-corrected chi connectivity index (χ4v) is 2.09. The topological polar surface area (TPSA) is 64.8 Å². The van der Waals surface area contributed by atoms with Crippen molar-refractivity contribution in [2.45, 2.75) is 12.7 Å². The molecule has 0 aliphatic carbocycles. The maximum Gasteiger partial charge on any atom is 0.387 e. The number of benzene rings is 1. The molecule has 1 aromatic carbocycles. The predicted molar refractivity (Wildman–Crippen MR) is 67.8 cm³/mol. The summed E-state index contributed by atoms with van der Waals surface area (Å²) in [6.07, 6.45) is 0. The summed E-state index contributed by atoms with van der Waals surface area (Å²) in [6, 6.07) is 5.54. The molecule has 20 heavy (non-hydrogen) atoms. The molecule has 1 aliphatic rings. The van der Waals surface area contributed by atoms with Crippen LogP contribution in [-0.2, 0) is 4.74 Å². The van der Waals surface area contributed by atoms with Crippen molar-refractivity contribution in [3.63, 3.8) is 0 Å². The summed E-state index contributed by atoms with van der Waals surface area (Å²) in [7, 11) is 0. The van der Waals surface area contributed by atoms with E-state index in [-0.39, 0.29) is 17.7 Å². The van der Waals surface area contributed by atoms with Gasteiger partial charge in [-0.05, 0) is 18.2 Å². The molecule has 1 saturated heterocycles. The Morgan fingerprint density at radius 2 is 2.35 bits per heavy atom. The summed E-state index contributed by atoms with van der Waals surface area (Å²) >= 11 is 0. The van der Waals surface area contributed by atoms with Gasteiger partial charge >= 0.3 is 6.61 Å². The molecule has 0 spiro atoms. The number of ether oxygens (including phenoxy) is 2. The zero-order valence-corrected chi connectivity index (χ0v) is 10.8. The minimum Gasteiger partial charge on any atom is -0.435 e. The smallest absolute Gasteiger partial charge is 0.387 e. The molecule has 0 aromatic heterocycles. The summed E-state index contributed by atoms with van der Waals surface area (Å²) in [5.41, 5.74) is 5.90. The lowest BCUT2D eigenvalue weighted by molar-refractivity contribution is -0.0499. The second kappa shape index (κ2) is 6.62. The van der Waals surface area contributed by atoms with Gasteiger partial charge in [0.1, 0.15) is 5.75 Å². The van der Waals surface area contributed by atoms with Crippen LogP contribution in [0.2, 0.25) is 0 Å². The maximum absolute atomic E-state index is 12.4. The Balaban J connectivity index is 2.15. The lowest BCUT2D eigenvalue weighted by Gasteiger charge is -2.35. The number of halogens is 2. The third kappa shape index (κ3) is 3.43. The molecule has 0 bridgehead atoms. The molecular weight excluding hydrogens is 270 g/mol. The van der Waals surface area contributed by atoms with Crippen molar-refractivity contribution < 1.29 is 23.0 Å². The highest BCUT2D eigenvalue weighted by Crippen LogP contribution is 2.19. The first-order chi connectivity index (χ1) is 9.61. The van der Waals surface area contributed by atoms with E-state index in [1.165, 1.54) is 18.2 Å². The Kier molecular flexibility index (Phi) is 4.86. The molecule has 1 amide bonds. The predicted octanol–water partition coefficient (Wildman–Crippen LogP) is 1.09. The molecule has 7 heteroatoms. The van der Waals surface area contributed by atoms with Crippen molar-refractivity contribution in [3.05, 3.63) is 29.8 Å². The van der Waals surface area contributed by atoms with Crippen LogP contribution in [0.15, 0.2) is 24.3 Å². The minimum absolute atomic E-state index is 0.0385. The van der Waals surface area contributed by atoms with Crippen LogP contribution in [0.4, 0.5) is 8.78 Å². The number of nitrogens with two attached hydrogens (primary N) is 1. The van der Waals surface area contributed by atoms with Crippen molar-refractivity contribution in [1.29, 1.82) is 0 Å². The Morgan fingerprint density at radius 1 is 1.55 bits per heavy atom. The van der Waals surface area contributed by atoms with Gasteiger partial charge in [0.25, 0.3) is 5.91 Å². The van der Waals surface area contributed by atoms with Crippen LogP contribution in [0, 0.1) is 0 Å². The number of hydrogen-bond donors (Lipinski definition) is 1. The average Bonchev–Trinajstić information content (AvgIpc) is 2.46. The van der Waals surface area contributed by atoms with Gasteiger partial charge < -0.3 is 20.1 Å². The Hall–Kier alpha value is -1.73. The van der Waals surface area contributed by atoms with Crippen molar-refractivity contribution in [2.24, 2.45) is 5.73 Å². The van der Waals surface area contributed by atoms with E-state index in [1.54, 1.807) is 11.0 Å². The van der Waals surface area contributed by atoms with Crippen molar-refractivity contribution >= 4 is 5.91 Å². The number of carbonyl (C=O) groups excluding carboxylic acids is 1.